The Bertz CT molecular complexity index is 206. The summed E-state index contributed by atoms with van der Waals surface area (Å²) in [5, 5.41) is 2.28. The molecule has 0 rings (SSSR count). The van der Waals surface area contributed by atoms with E-state index < -0.39 is 16.1 Å². The maximum Gasteiger partial charge on any atom is 0.409 e. The van der Waals surface area contributed by atoms with Crippen molar-refractivity contribution in [3.05, 3.63) is 0 Å². The summed E-state index contributed by atoms with van der Waals surface area (Å²) in [5.74, 6) is 0.263. The van der Waals surface area contributed by atoms with Gasteiger partial charge in [0.1, 0.15) is 0 Å². The minimum absolute atomic E-state index is 0.263. The van der Waals surface area contributed by atoms with Crippen LogP contribution in [-0.2, 0) is 9.47 Å². The summed E-state index contributed by atoms with van der Waals surface area (Å²) in [6.07, 6.45) is -1.74. The normalized spacial score (nSPS) is 13.8. The number of halogens is 3. The largest absolute Gasteiger partial charge is 0.453 e. The van der Waals surface area contributed by atoms with Crippen LogP contribution in [0.1, 0.15) is 13.8 Å². The van der Waals surface area contributed by atoms with Gasteiger partial charge in [-0.1, -0.05) is 48.7 Å². The van der Waals surface area contributed by atoms with E-state index in [9.17, 15) is 4.79 Å². The number of hydrogen-bond acceptors (Lipinski definition) is 3. The summed E-state index contributed by atoms with van der Waals surface area (Å²) in [4.78, 5) is 10.9. The monoisotopic (exact) mass is 277 g/mol. The molecule has 0 radical (unpaired) electrons. The van der Waals surface area contributed by atoms with Crippen LogP contribution in [0.3, 0.4) is 0 Å². The zero-order chi connectivity index (χ0) is 12.1. The number of amides is 1. The lowest BCUT2D eigenvalue weighted by Crippen LogP contribution is -2.46. The van der Waals surface area contributed by atoms with E-state index in [1.807, 2.05) is 13.8 Å². The highest BCUT2D eigenvalue weighted by Crippen LogP contribution is 2.31. The molecule has 0 aliphatic heterocycles. The third-order valence-corrected chi connectivity index (χ3v) is 1.92. The van der Waals surface area contributed by atoms with Crippen LogP contribution in [-0.4, -0.2) is 29.8 Å². The number of alkyl carbamates (subject to hydrolysis) is 1. The fraction of sp³-hybridized carbons (Fsp3) is 0.875. The van der Waals surface area contributed by atoms with Crippen molar-refractivity contribution in [2.45, 2.75) is 23.9 Å². The molecular weight excluding hydrogens is 264 g/mol. The third-order valence-electron chi connectivity index (χ3n) is 1.33. The van der Waals surface area contributed by atoms with Gasteiger partial charge in [0.25, 0.3) is 0 Å². The van der Waals surface area contributed by atoms with Crippen LogP contribution in [0.25, 0.3) is 0 Å². The number of rotatable bonds is 4. The van der Waals surface area contributed by atoms with E-state index in [1.165, 1.54) is 7.11 Å². The second-order valence-electron chi connectivity index (χ2n) is 3.28. The van der Waals surface area contributed by atoms with Crippen molar-refractivity contribution in [1.29, 1.82) is 0 Å². The molecule has 0 spiro atoms. The summed E-state index contributed by atoms with van der Waals surface area (Å²) in [6.45, 7) is 4.24. The Morgan fingerprint density at radius 3 is 2.27 bits per heavy atom. The Hall–Kier alpha value is 0.1000. The number of hydrogen-bond donors (Lipinski definition) is 1. The number of methoxy groups -OCH3 is 1. The molecule has 0 aromatic heterocycles. The highest BCUT2D eigenvalue weighted by Gasteiger charge is 2.35. The molecule has 0 saturated carbocycles. The van der Waals surface area contributed by atoms with Gasteiger partial charge in [0.15, 0.2) is 6.23 Å². The van der Waals surface area contributed by atoms with E-state index in [1.54, 1.807) is 0 Å². The first-order valence-corrected chi connectivity index (χ1v) is 5.43. The topological polar surface area (TPSA) is 47.6 Å². The van der Waals surface area contributed by atoms with Gasteiger partial charge in [-0.25, -0.2) is 4.79 Å². The van der Waals surface area contributed by atoms with Crippen molar-refractivity contribution in [3.63, 3.8) is 0 Å². The summed E-state index contributed by atoms with van der Waals surface area (Å²) >= 11 is 16.9. The standard InChI is InChI=1S/C8H14Cl3NO3/c1-5(2)4-15-6(8(9,10)11)12-7(13)14-3/h5-6H,4H2,1-3H3,(H,12,13). The molecule has 0 heterocycles. The molecule has 90 valence electrons. The quantitative estimate of drug-likeness (QED) is 0.635. The lowest BCUT2D eigenvalue weighted by molar-refractivity contribution is 0.0169. The zero-order valence-corrected chi connectivity index (χ0v) is 11.0. The lowest BCUT2D eigenvalue weighted by atomic mass is 10.2. The van der Waals surface area contributed by atoms with Crippen molar-refractivity contribution in [3.8, 4) is 0 Å². The summed E-state index contributed by atoms with van der Waals surface area (Å²) in [5.41, 5.74) is 0. The fourth-order valence-corrected chi connectivity index (χ4v) is 1.03. The van der Waals surface area contributed by atoms with Gasteiger partial charge in [0.2, 0.25) is 3.79 Å². The van der Waals surface area contributed by atoms with Crippen LogP contribution in [0.15, 0.2) is 0 Å². The molecule has 1 amide bonds. The molecular formula is C8H14Cl3NO3. The molecule has 0 saturated heterocycles. The van der Waals surface area contributed by atoms with Gasteiger partial charge in [-0.05, 0) is 5.92 Å². The number of nitrogens with one attached hydrogen (secondary N) is 1. The average Bonchev–Trinajstić information content (AvgIpc) is 2.09. The van der Waals surface area contributed by atoms with Crippen molar-refractivity contribution in [2.24, 2.45) is 5.92 Å². The van der Waals surface area contributed by atoms with Crippen molar-refractivity contribution in [2.75, 3.05) is 13.7 Å². The Labute approximate surface area is 104 Å². The Morgan fingerprint density at radius 1 is 1.40 bits per heavy atom. The summed E-state index contributed by atoms with van der Waals surface area (Å²) in [7, 11) is 1.22. The second kappa shape index (κ2) is 6.63. The van der Waals surface area contributed by atoms with Gasteiger partial charge in [-0.3, -0.25) is 5.32 Å². The van der Waals surface area contributed by atoms with Gasteiger partial charge < -0.3 is 9.47 Å². The number of carbonyl (C=O) groups excluding carboxylic acids is 1. The fourth-order valence-electron chi connectivity index (χ4n) is 0.673. The van der Waals surface area contributed by atoms with Crippen LogP contribution in [0.5, 0.6) is 0 Å². The highest BCUT2D eigenvalue weighted by atomic mass is 35.6. The Kier molecular flexibility index (Phi) is 6.68. The molecule has 0 aromatic rings. The lowest BCUT2D eigenvalue weighted by Gasteiger charge is -2.25. The number of carbonyl (C=O) groups is 1. The van der Waals surface area contributed by atoms with E-state index in [2.05, 4.69) is 10.1 Å². The Morgan fingerprint density at radius 2 is 1.93 bits per heavy atom. The molecule has 7 heteroatoms. The molecule has 4 nitrogen and oxygen atoms in total. The zero-order valence-electron chi connectivity index (χ0n) is 8.72. The van der Waals surface area contributed by atoms with Crippen molar-refractivity contribution in [1.82, 2.24) is 5.32 Å². The van der Waals surface area contributed by atoms with E-state index >= 15 is 0 Å². The smallest absolute Gasteiger partial charge is 0.409 e. The molecule has 1 N–H and O–H groups in total. The molecule has 0 bridgehead atoms. The first-order valence-electron chi connectivity index (χ1n) is 4.30. The maximum absolute atomic E-state index is 10.9. The maximum atomic E-state index is 10.9. The first-order chi connectivity index (χ1) is 6.77. The summed E-state index contributed by atoms with van der Waals surface area (Å²) in [6, 6.07) is 0. The molecule has 1 atom stereocenters. The van der Waals surface area contributed by atoms with Gasteiger partial charge in [-0.2, -0.15) is 0 Å². The minimum Gasteiger partial charge on any atom is -0.453 e. The summed E-state index contributed by atoms with van der Waals surface area (Å²) < 4.78 is 7.88. The van der Waals surface area contributed by atoms with Crippen LogP contribution in [0.2, 0.25) is 0 Å². The number of ether oxygens (including phenoxy) is 2. The molecule has 0 aliphatic carbocycles. The minimum atomic E-state index is -1.73. The van der Waals surface area contributed by atoms with E-state index in [4.69, 9.17) is 39.5 Å². The van der Waals surface area contributed by atoms with E-state index in [-0.39, 0.29) is 5.92 Å². The molecule has 15 heavy (non-hydrogen) atoms. The molecule has 0 aromatic carbocycles. The van der Waals surface area contributed by atoms with Gasteiger partial charge in [0, 0.05) is 0 Å². The predicted molar refractivity (Wildman–Crippen MR) is 60.4 cm³/mol. The van der Waals surface area contributed by atoms with Gasteiger partial charge >= 0.3 is 6.09 Å². The van der Waals surface area contributed by atoms with Crippen molar-refractivity contribution >= 4 is 40.9 Å². The SMILES string of the molecule is COC(=O)NC(OCC(C)C)C(Cl)(Cl)Cl. The van der Waals surface area contributed by atoms with E-state index in [0.717, 1.165) is 0 Å². The molecule has 1 unspecified atom stereocenters. The third kappa shape index (κ3) is 7.06. The van der Waals surface area contributed by atoms with Crippen LogP contribution < -0.4 is 5.32 Å². The Balaban J connectivity index is 4.26. The molecule has 0 fully saturated rings. The van der Waals surface area contributed by atoms with Gasteiger partial charge in [0.05, 0.1) is 13.7 Å². The van der Waals surface area contributed by atoms with E-state index in [0.29, 0.717) is 6.61 Å². The second-order valence-corrected chi connectivity index (χ2v) is 5.65. The van der Waals surface area contributed by atoms with Gasteiger partial charge in [-0.15, -0.1) is 0 Å². The van der Waals surface area contributed by atoms with Crippen LogP contribution in [0, 0.1) is 5.92 Å². The predicted octanol–water partition coefficient (Wildman–Crippen LogP) is 2.71. The molecule has 0 aliphatic rings. The average molecular weight is 279 g/mol. The highest BCUT2D eigenvalue weighted by molar-refractivity contribution is 6.68. The van der Waals surface area contributed by atoms with Crippen LogP contribution in [0.4, 0.5) is 4.79 Å². The van der Waals surface area contributed by atoms with Crippen LogP contribution >= 0.6 is 34.8 Å². The van der Waals surface area contributed by atoms with Crippen molar-refractivity contribution < 1.29 is 14.3 Å². The first kappa shape index (κ1) is 15.1. The number of alkyl halides is 3.